The van der Waals surface area contributed by atoms with Crippen molar-refractivity contribution < 1.29 is 219 Å². The molecule has 75 heavy (non-hydrogen) atoms. The van der Waals surface area contributed by atoms with E-state index in [-0.39, 0.29) is 221 Å². The summed E-state index contributed by atoms with van der Waals surface area (Å²) >= 11 is 0.497. The molecule has 35 heteroatoms. The molecule has 0 aliphatic rings. The molecule has 0 unspecified atom stereocenters. The number of azo groups is 2. The third kappa shape index (κ3) is 16.7. The Balaban J connectivity index is 0.00000321. The fourth-order valence-corrected chi connectivity index (χ4v) is 9.81. The number of nitrogens with one attached hydrogen (secondary N) is 2. The van der Waals surface area contributed by atoms with E-state index in [9.17, 15) is 61.5 Å². The summed E-state index contributed by atoms with van der Waals surface area (Å²) in [5.74, 6) is -0.991. The van der Waals surface area contributed by atoms with E-state index in [4.69, 9.17) is 0 Å². The summed E-state index contributed by atoms with van der Waals surface area (Å²) < 4.78 is 164. The Morgan fingerprint density at radius 2 is 1.05 bits per heavy atom. The first-order chi connectivity index (χ1) is 32.6. The van der Waals surface area contributed by atoms with Crippen LogP contribution in [0.3, 0.4) is 0 Å². The zero-order chi connectivity index (χ0) is 49.5. The van der Waals surface area contributed by atoms with Crippen LogP contribution in [0, 0.1) is 6.08 Å². The first kappa shape index (κ1) is 69.0. The number of benzene rings is 7. The summed E-state index contributed by atoms with van der Waals surface area (Å²) in [6, 6.07) is 23.1. The topological polar surface area (TPSA) is 382 Å². The Kier molecular flexibility index (Phi) is 26.1. The molecule has 8 aromatic rings. The summed E-state index contributed by atoms with van der Waals surface area (Å²) in [6.45, 7) is 0. The van der Waals surface area contributed by atoms with Crippen molar-refractivity contribution in [3.63, 3.8) is 0 Å². The summed E-state index contributed by atoms with van der Waals surface area (Å²) in [5.41, 5.74) is -0.355. The van der Waals surface area contributed by atoms with Gasteiger partial charge in [0.1, 0.15) is 40.5 Å². The van der Waals surface area contributed by atoms with Gasteiger partial charge in [-0.25, -0.2) is 33.7 Å². The summed E-state index contributed by atoms with van der Waals surface area (Å²) in [4.78, 5) is 8.36. The van der Waals surface area contributed by atoms with E-state index in [0.29, 0.717) is 12.0 Å². The van der Waals surface area contributed by atoms with E-state index < -0.39 is 83.4 Å². The average molecular weight is 1170 g/mol. The molecular formula is C40H25FN9Na5O15S5. The van der Waals surface area contributed by atoms with E-state index in [1.54, 1.807) is 0 Å². The van der Waals surface area contributed by atoms with Crippen molar-refractivity contribution in [2.24, 2.45) is 20.5 Å². The van der Waals surface area contributed by atoms with Crippen LogP contribution in [0.4, 0.5) is 50.4 Å². The van der Waals surface area contributed by atoms with Crippen LogP contribution in [-0.4, -0.2) is 66.8 Å². The van der Waals surface area contributed by atoms with Crippen molar-refractivity contribution in [2.75, 3.05) is 10.6 Å². The molecule has 1 aromatic heterocycles. The van der Waals surface area contributed by atoms with Crippen molar-refractivity contribution in [2.45, 2.75) is 31.9 Å². The van der Waals surface area contributed by atoms with Gasteiger partial charge in [-0.2, -0.15) is 28.8 Å². The normalized spacial score (nSPS) is 11.7. The maximum Gasteiger partial charge on any atom is 1.00 e. The molecule has 0 saturated carbocycles. The molecule has 0 bridgehead atoms. The number of anilines is 4. The van der Waals surface area contributed by atoms with Crippen LogP contribution in [0.1, 0.15) is 7.43 Å². The predicted molar refractivity (Wildman–Crippen MR) is 240 cm³/mol. The first-order valence-electron chi connectivity index (χ1n) is 18.6. The maximum absolute atomic E-state index is 14.7. The molecule has 0 aliphatic carbocycles. The number of rotatable bonds is 15. The van der Waals surface area contributed by atoms with Crippen molar-refractivity contribution in [1.82, 2.24) is 15.0 Å². The third-order valence-electron chi connectivity index (χ3n) is 9.56. The molecule has 8 rings (SSSR count). The van der Waals surface area contributed by atoms with Crippen molar-refractivity contribution in [3.05, 3.63) is 121 Å². The van der Waals surface area contributed by atoms with Crippen molar-refractivity contribution in [3.8, 4) is 0 Å². The van der Waals surface area contributed by atoms with Gasteiger partial charge in [-0.1, -0.05) is 43.8 Å². The van der Waals surface area contributed by atoms with Crippen molar-refractivity contribution >= 4 is 131 Å². The van der Waals surface area contributed by atoms with E-state index in [0.717, 1.165) is 48.5 Å². The Labute approximate surface area is 541 Å². The molecule has 0 saturated heterocycles. The van der Waals surface area contributed by atoms with Gasteiger partial charge in [0.2, 0.25) is 11.9 Å². The number of hydrogen-bond acceptors (Lipinski definition) is 25. The number of fused-ring (bicyclic) bond motifs is 3. The van der Waals surface area contributed by atoms with Gasteiger partial charge in [0.25, 0.3) is 0 Å². The predicted octanol–water partition coefficient (Wildman–Crippen LogP) is -7.71. The maximum atomic E-state index is 14.7. The van der Waals surface area contributed by atoms with E-state index in [1.807, 2.05) is 0 Å². The summed E-state index contributed by atoms with van der Waals surface area (Å²) in [7, 11) is -20.5. The molecule has 7 aromatic carbocycles. The quantitative estimate of drug-likeness (QED) is 0.0240. The zero-order valence-corrected chi connectivity index (χ0v) is 52.7. The Morgan fingerprint density at radius 1 is 0.507 bits per heavy atom. The fourth-order valence-electron chi connectivity index (χ4n) is 6.79. The second-order valence-electron chi connectivity index (χ2n) is 13.9. The SMILES string of the molecule is C.O=S(=O)([O-])c1cccc(Nc2nc(F)nc(Nc3ccc(N=Nc4ccc(N=Nc5cc(S(=O)(=O)[O-])c6cccc(S(=O)(=O)[O-])c6c5)c5cc(SOO[O-])ccc45)c4cccc(S(=O)(=O)[O-])c34)n2)c1.[Na+].[Na+].[Na+].[Na+].[Na+]. The first-order valence-corrected chi connectivity index (χ1v) is 25.0. The minimum atomic E-state index is -5.26. The monoisotopic (exact) mass is 1160 g/mol. The fraction of sp³-hybridized carbons (Fsp3) is 0.0250. The molecule has 24 nitrogen and oxygen atoms in total. The van der Waals surface area contributed by atoms with Gasteiger partial charge >= 0.3 is 154 Å². The van der Waals surface area contributed by atoms with Gasteiger partial charge in [-0.15, -0.1) is 15.3 Å². The number of aromatic nitrogens is 3. The molecule has 0 spiro atoms. The molecule has 0 amide bonds. The van der Waals surface area contributed by atoms with E-state index >= 15 is 0 Å². The second kappa shape index (κ2) is 28.4. The van der Waals surface area contributed by atoms with Crippen LogP contribution in [0.5, 0.6) is 0 Å². The molecule has 0 atom stereocenters. The van der Waals surface area contributed by atoms with Crippen LogP contribution in [0.15, 0.2) is 160 Å². The Hall–Kier alpha value is -2.07. The molecule has 1 heterocycles. The van der Waals surface area contributed by atoms with Gasteiger partial charge in [0.15, 0.2) is 0 Å². The third-order valence-corrected chi connectivity index (χ3v) is 13.6. The smallest absolute Gasteiger partial charge is 0.744 e. The zero-order valence-electron chi connectivity index (χ0n) is 38.6. The van der Waals surface area contributed by atoms with Crippen LogP contribution in [0.2, 0.25) is 0 Å². The summed E-state index contributed by atoms with van der Waals surface area (Å²) in [5, 5.41) is 35.7. The Bertz CT molecular complexity index is 3970. The largest absolute Gasteiger partial charge is 1.00 e. The number of nitrogens with zero attached hydrogens (tertiary/aromatic N) is 7. The van der Waals surface area contributed by atoms with Crippen LogP contribution in [-0.2, 0) is 49.8 Å². The Morgan fingerprint density at radius 3 is 1.67 bits per heavy atom. The average Bonchev–Trinajstić information content (AvgIpc) is 3.28. The molecule has 0 aliphatic heterocycles. The number of hydrogen-bond donors (Lipinski definition) is 2. The van der Waals surface area contributed by atoms with E-state index in [1.165, 1.54) is 66.7 Å². The van der Waals surface area contributed by atoms with E-state index in [2.05, 4.69) is 55.4 Å². The van der Waals surface area contributed by atoms with Gasteiger partial charge in [-0.05, 0) is 78.9 Å². The van der Waals surface area contributed by atoms with Gasteiger partial charge in [0, 0.05) is 42.9 Å². The molecule has 2 N–H and O–H groups in total. The minimum Gasteiger partial charge on any atom is -0.744 e. The van der Waals surface area contributed by atoms with Crippen LogP contribution < -0.4 is 164 Å². The van der Waals surface area contributed by atoms with Crippen LogP contribution >= 0.6 is 12.0 Å². The molecule has 0 fully saturated rings. The second-order valence-corrected chi connectivity index (χ2v) is 20.1. The van der Waals surface area contributed by atoms with Gasteiger partial charge in [-0.3, -0.25) is 5.04 Å². The summed E-state index contributed by atoms with van der Waals surface area (Å²) in [6.07, 6.45) is -1.35. The minimum absolute atomic E-state index is 0. The number of halogens is 1. The molecule has 362 valence electrons. The van der Waals surface area contributed by atoms with Gasteiger partial charge < -0.3 is 34.1 Å². The molecule has 0 radical (unpaired) electrons. The molecular weight excluding hydrogens is 1140 g/mol. The standard InChI is InChI=1S/C39H26FN9O15S5.CH4.5Na/c40-37-43-38(41-20-4-1-5-23(16-20)66(51,52)53)45-39(44-37)42-32-15-14-30(26-7-3-9-34(36(26)32)68(57,58)59)49-48-29-12-13-31(27-19-22(65-64-63-50)10-11-24(27)29)47-46-21-17-28-25(35(18-21)69(60,61)62)6-2-8-33(28)67(54,55)56;;;;;;/h1-19,50H,(H,51,52,53)(H,54,55,56)(H,57,58,59)(H,60,61,62)(H2,41,42,43,44,45);1H4;;;;;/q;;5*+1/p-5. The van der Waals surface area contributed by atoms with Crippen LogP contribution in [0.25, 0.3) is 32.3 Å². The van der Waals surface area contributed by atoms with Crippen molar-refractivity contribution in [1.29, 1.82) is 0 Å². The van der Waals surface area contributed by atoms with Gasteiger partial charge in [0.05, 0.1) is 60.1 Å².